The van der Waals surface area contributed by atoms with Crippen molar-refractivity contribution in [3.8, 4) is 11.5 Å². The van der Waals surface area contributed by atoms with Crippen LogP contribution >= 0.6 is 0 Å². The molecule has 0 unspecified atom stereocenters. The average molecular weight is 482 g/mol. The van der Waals surface area contributed by atoms with Gasteiger partial charge in [0.2, 0.25) is 0 Å². The van der Waals surface area contributed by atoms with Crippen LogP contribution in [0.4, 0.5) is 22.0 Å². The Balaban J connectivity index is 2.13. The van der Waals surface area contributed by atoms with Gasteiger partial charge in [-0.25, -0.2) is 14.4 Å². The van der Waals surface area contributed by atoms with Crippen LogP contribution in [0.5, 0.6) is 0 Å². The summed E-state index contributed by atoms with van der Waals surface area (Å²) in [7, 11) is 0. The lowest BCUT2D eigenvalue weighted by Crippen LogP contribution is -2.07. The first-order chi connectivity index (χ1) is 16.1. The van der Waals surface area contributed by atoms with Crippen molar-refractivity contribution in [1.29, 1.82) is 0 Å². The zero-order chi connectivity index (χ0) is 25.3. The summed E-state index contributed by atoms with van der Waals surface area (Å²) >= 11 is 0. The summed E-state index contributed by atoms with van der Waals surface area (Å²) in [6, 6.07) is 0. The van der Waals surface area contributed by atoms with Gasteiger partial charge in [0.25, 0.3) is 6.08 Å². The first-order valence-electron chi connectivity index (χ1n) is 10.8. The third-order valence-corrected chi connectivity index (χ3v) is 5.07. The summed E-state index contributed by atoms with van der Waals surface area (Å²) in [5.74, 6) is -0.263. The van der Waals surface area contributed by atoms with Crippen molar-refractivity contribution in [2.45, 2.75) is 59.1 Å². The van der Waals surface area contributed by atoms with Crippen molar-refractivity contribution in [3.63, 3.8) is 0 Å². The van der Waals surface area contributed by atoms with Crippen LogP contribution in [0.25, 0.3) is 11.5 Å². The van der Waals surface area contributed by atoms with Gasteiger partial charge in [-0.2, -0.15) is 17.6 Å². The van der Waals surface area contributed by atoms with E-state index in [1.54, 1.807) is 0 Å². The SMILES string of the molecule is C=C/C(F)=C(/CCC(=C/C)/C=C(/CC)Cc1nc(-c2cnc(F)[nH]2)[nH]c1C)N=CCC(F)(F)F. The molecule has 2 aromatic heterocycles. The fourth-order valence-electron chi connectivity index (χ4n) is 3.15. The van der Waals surface area contributed by atoms with Gasteiger partial charge < -0.3 is 9.97 Å². The van der Waals surface area contributed by atoms with E-state index >= 15 is 0 Å². The topological polar surface area (TPSA) is 69.7 Å². The van der Waals surface area contributed by atoms with E-state index in [-0.39, 0.29) is 12.1 Å². The van der Waals surface area contributed by atoms with E-state index in [9.17, 15) is 22.0 Å². The molecular formula is C24H28F5N5. The number of aromatic amines is 2. The zero-order valence-electron chi connectivity index (χ0n) is 19.4. The number of alkyl halides is 3. The molecule has 0 atom stereocenters. The molecular weight excluding hydrogens is 453 g/mol. The molecule has 10 heteroatoms. The molecule has 0 fully saturated rings. The largest absolute Gasteiger partial charge is 0.393 e. The summed E-state index contributed by atoms with van der Waals surface area (Å²) < 4.78 is 64.4. The minimum absolute atomic E-state index is 0.0791. The van der Waals surface area contributed by atoms with Crippen molar-refractivity contribution in [3.05, 3.63) is 71.1 Å². The number of aromatic nitrogens is 4. The third kappa shape index (κ3) is 8.24. The summed E-state index contributed by atoms with van der Waals surface area (Å²) in [5, 5.41) is 0. The van der Waals surface area contributed by atoms with Gasteiger partial charge in [-0.3, -0.25) is 4.99 Å². The summed E-state index contributed by atoms with van der Waals surface area (Å²) in [5.41, 5.74) is 3.94. The number of hydrogen-bond donors (Lipinski definition) is 2. The minimum Gasteiger partial charge on any atom is -0.341 e. The number of imidazole rings is 2. The van der Waals surface area contributed by atoms with Gasteiger partial charge in [-0.05, 0) is 39.2 Å². The van der Waals surface area contributed by atoms with E-state index in [0.717, 1.165) is 35.0 Å². The van der Waals surface area contributed by atoms with Gasteiger partial charge >= 0.3 is 6.18 Å². The molecule has 5 nitrogen and oxygen atoms in total. The monoisotopic (exact) mass is 481 g/mol. The number of halogens is 5. The van der Waals surface area contributed by atoms with Crippen LogP contribution in [-0.4, -0.2) is 32.3 Å². The van der Waals surface area contributed by atoms with Gasteiger partial charge in [-0.1, -0.05) is 36.8 Å². The van der Waals surface area contributed by atoms with Crippen LogP contribution in [-0.2, 0) is 6.42 Å². The predicted molar refractivity (Wildman–Crippen MR) is 123 cm³/mol. The van der Waals surface area contributed by atoms with E-state index in [4.69, 9.17) is 0 Å². The second-order valence-corrected chi connectivity index (χ2v) is 7.57. The van der Waals surface area contributed by atoms with Gasteiger partial charge in [0.05, 0.1) is 24.0 Å². The molecule has 0 bridgehead atoms. The Morgan fingerprint density at radius 3 is 2.53 bits per heavy atom. The van der Waals surface area contributed by atoms with E-state index in [1.807, 2.05) is 32.9 Å². The lowest BCUT2D eigenvalue weighted by Gasteiger charge is -2.08. The Kier molecular flexibility index (Phi) is 9.70. The molecule has 34 heavy (non-hydrogen) atoms. The Bertz CT molecular complexity index is 1100. The summed E-state index contributed by atoms with van der Waals surface area (Å²) in [4.78, 5) is 17.4. The third-order valence-electron chi connectivity index (χ3n) is 5.07. The van der Waals surface area contributed by atoms with Crippen LogP contribution in [0, 0.1) is 13.0 Å². The number of nitrogens with one attached hydrogen (secondary N) is 2. The number of H-pyrrole nitrogens is 2. The van der Waals surface area contributed by atoms with E-state index in [0.29, 0.717) is 30.6 Å². The van der Waals surface area contributed by atoms with Gasteiger partial charge in [0.1, 0.15) is 11.5 Å². The van der Waals surface area contributed by atoms with Crippen LogP contribution in [0.1, 0.15) is 50.9 Å². The Morgan fingerprint density at radius 1 is 1.24 bits per heavy atom. The molecule has 2 heterocycles. The first-order valence-corrected chi connectivity index (χ1v) is 10.8. The highest BCUT2D eigenvalue weighted by atomic mass is 19.4. The molecule has 0 aliphatic heterocycles. The number of aryl methyl sites for hydroxylation is 1. The quantitative estimate of drug-likeness (QED) is 0.202. The molecule has 0 radical (unpaired) electrons. The van der Waals surface area contributed by atoms with Crippen LogP contribution in [0.15, 0.2) is 58.7 Å². The van der Waals surface area contributed by atoms with Crippen LogP contribution in [0.2, 0.25) is 0 Å². The van der Waals surface area contributed by atoms with Gasteiger partial charge in [-0.15, -0.1) is 0 Å². The number of aliphatic imine (C=N–C) groups is 1. The lowest BCUT2D eigenvalue weighted by atomic mass is 10.00. The zero-order valence-corrected chi connectivity index (χ0v) is 19.4. The molecule has 0 spiro atoms. The second kappa shape index (κ2) is 12.2. The van der Waals surface area contributed by atoms with Crippen LogP contribution in [0.3, 0.4) is 0 Å². The Morgan fingerprint density at radius 2 is 1.97 bits per heavy atom. The van der Waals surface area contributed by atoms with Gasteiger partial charge in [0.15, 0.2) is 5.82 Å². The number of allylic oxidation sites excluding steroid dienone is 7. The Labute approximate surface area is 195 Å². The molecule has 2 aromatic rings. The average Bonchev–Trinajstić information content (AvgIpc) is 3.38. The fourth-order valence-corrected chi connectivity index (χ4v) is 3.15. The second-order valence-electron chi connectivity index (χ2n) is 7.57. The van der Waals surface area contributed by atoms with Crippen molar-refractivity contribution < 1.29 is 22.0 Å². The number of hydrogen-bond acceptors (Lipinski definition) is 3. The van der Waals surface area contributed by atoms with Crippen molar-refractivity contribution >= 4 is 6.21 Å². The summed E-state index contributed by atoms with van der Waals surface area (Å²) in [6.07, 6.45) is 2.27. The van der Waals surface area contributed by atoms with E-state index in [1.165, 1.54) is 6.20 Å². The highest BCUT2D eigenvalue weighted by Gasteiger charge is 2.25. The number of nitrogens with zero attached hydrogens (tertiary/aromatic N) is 3. The fraction of sp³-hybridized carbons (Fsp3) is 0.375. The maximum atomic E-state index is 14.1. The van der Waals surface area contributed by atoms with Crippen molar-refractivity contribution in [2.24, 2.45) is 4.99 Å². The van der Waals surface area contributed by atoms with Crippen molar-refractivity contribution in [2.75, 3.05) is 0 Å². The normalized spacial score (nSPS) is 14.1. The smallest absolute Gasteiger partial charge is 0.341 e. The van der Waals surface area contributed by atoms with Crippen molar-refractivity contribution in [1.82, 2.24) is 19.9 Å². The maximum absolute atomic E-state index is 14.1. The standard InChI is InChI=1S/C24H28F5N5/c1-5-16(8-9-19(18(25)7-3)30-11-10-24(27,28)29)12-17(6-2)13-20-15(4)32-22(33-20)21-14-31-23(26)34-21/h5,7,11-12,14H,3,6,8-10,13H2,1-2,4H3,(H,31,34)(H,32,33)/b16-5-,17-12-,19-18+,30-11?. The van der Waals surface area contributed by atoms with E-state index in [2.05, 4.69) is 31.5 Å². The highest BCUT2D eigenvalue weighted by molar-refractivity contribution is 5.60. The first kappa shape index (κ1) is 26.9. The van der Waals surface area contributed by atoms with Crippen LogP contribution < -0.4 is 0 Å². The molecule has 184 valence electrons. The van der Waals surface area contributed by atoms with Gasteiger partial charge in [0, 0.05) is 18.3 Å². The number of rotatable bonds is 11. The summed E-state index contributed by atoms with van der Waals surface area (Å²) in [6.45, 7) is 9.04. The Hall–Kier alpha value is -3.30. The molecule has 0 aromatic carbocycles. The molecule has 0 aliphatic carbocycles. The maximum Gasteiger partial charge on any atom is 0.393 e. The molecule has 0 aliphatic rings. The highest BCUT2D eigenvalue weighted by Crippen LogP contribution is 2.24. The predicted octanol–water partition coefficient (Wildman–Crippen LogP) is 7.24. The van der Waals surface area contributed by atoms with E-state index < -0.39 is 24.5 Å². The molecule has 2 N–H and O–H groups in total. The molecule has 0 saturated carbocycles. The minimum atomic E-state index is -4.40. The molecule has 0 saturated heterocycles. The molecule has 0 amide bonds. The molecule has 2 rings (SSSR count). The lowest BCUT2D eigenvalue weighted by molar-refractivity contribution is -0.120.